The Balaban J connectivity index is 1.62. The van der Waals surface area contributed by atoms with E-state index in [9.17, 15) is 9.59 Å². The molecule has 26 heavy (non-hydrogen) atoms. The smallest absolute Gasteiger partial charge is 0.253 e. The van der Waals surface area contributed by atoms with Crippen molar-refractivity contribution < 1.29 is 19.1 Å². The molecule has 0 spiro atoms. The van der Waals surface area contributed by atoms with Crippen LogP contribution in [-0.2, 0) is 4.79 Å². The average Bonchev–Trinajstić information content (AvgIpc) is 2.65. The largest absolute Gasteiger partial charge is 0.486 e. The summed E-state index contributed by atoms with van der Waals surface area (Å²) < 4.78 is 11.1. The van der Waals surface area contributed by atoms with Crippen molar-refractivity contribution in [3.63, 3.8) is 0 Å². The number of anilines is 2. The fraction of sp³-hybridized carbons (Fsp3) is 0.263. The van der Waals surface area contributed by atoms with Crippen molar-refractivity contribution >= 4 is 23.2 Å². The molecule has 136 valence electrons. The minimum absolute atomic E-state index is 0.0612. The molecule has 1 aliphatic heterocycles. The molecular weight excluding hydrogens is 334 g/mol. The number of carbonyl (C=O) groups is 2. The zero-order chi connectivity index (χ0) is 18.5. The first-order valence-corrected chi connectivity index (χ1v) is 8.28. The Kier molecular flexibility index (Phi) is 5.26. The van der Waals surface area contributed by atoms with Crippen LogP contribution in [0.5, 0.6) is 11.5 Å². The van der Waals surface area contributed by atoms with Crippen molar-refractivity contribution in [3.05, 3.63) is 48.0 Å². The Bertz CT molecular complexity index is 820. The van der Waals surface area contributed by atoms with Gasteiger partial charge in [0, 0.05) is 25.3 Å². The standard InChI is InChI=1S/C19H21N3O4/c1-22(2)19(24)13-5-3-6-14(11-13)21-17(23)12-20-15-7-4-8-16-18(15)26-10-9-25-16/h3-8,11,20H,9-10,12H2,1-2H3,(H,21,23). The third kappa shape index (κ3) is 4.05. The quantitative estimate of drug-likeness (QED) is 0.860. The summed E-state index contributed by atoms with van der Waals surface area (Å²) in [6.07, 6.45) is 0. The van der Waals surface area contributed by atoms with Crippen LogP contribution in [0.4, 0.5) is 11.4 Å². The van der Waals surface area contributed by atoms with Gasteiger partial charge in [-0.3, -0.25) is 9.59 Å². The molecule has 0 bridgehead atoms. The topological polar surface area (TPSA) is 79.9 Å². The molecule has 0 fully saturated rings. The third-order valence-corrected chi connectivity index (χ3v) is 3.81. The van der Waals surface area contributed by atoms with Crippen molar-refractivity contribution in [2.45, 2.75) is 0 Å². The number of hydrogen-bond donors (Lipinski definition) is 2. The van der Waals surface area contributed by atoms with E-state index in [2.05, 4.69) is 10.6 Å². The number of fused-ring (bicyclic) bond motifs is 1. The summed E-state index contributed by atoms with van der Waals surface area (Å²) in [6.45, 7) is 1.05. The molecule has 0 aliphatic carbocycles. The second-order valence-corrected chi connectivity index (χ2v) is 6.01. The lowest BCUT2D eigenvalue weighted by atomic mass is 10.2. The van der Waals surface area contributed by atoms with E-state index in [1.165, 1.54) is 4.90 Å². The maximum atomic E-state index is 12.2. The number of para-hydroxylation sites is 1. The van der Waals surface area contributed by atoms with Gasteiger partial charge >= 0.3 is 0 Å². The Morgan fingerprint density at radius 2 is 1.85 bits per heavy atom. The summed E-state index contributed by atoms with van der Waals surface area (Å²) in [5.41, 5.74) is 1.79. The van der Waals surface area contributed by atoms with Crippen LogP contribution >= 0.6 is 0 Å². The first-order chi connectivity index (χ1) is 12.5. The average molecular weight is 355 g/mol. The number of rotatable bonds is 5. The van der Waals surface area contributed by atoms with E-state index in [0.29, 0.717) is 41.7 Å². The maximum Gasteiger partial charge on any atom is 0.253 e. The van der Waals surface area contributed by atoms with Gasteiger partial charge in [0.2, 0.25) is 5.91 Å². The van der Waals surface area contributed by atoms with E-state index in [-0.39, 0.29) is 18.4 Å². The predicted octanol–water partition coefficient (Wildman–Crippen LogP) is 2.21. The molecule has 0 unspecified atom stereocenters. The fourth-order valence-electron chi connectivity index (χ4n) is 2.58. The van der Waals surface area contributed by atoms with Crippen molar-refractivity contribution in [1.29, 1.82) is 0 Å². The van der Waals surface area contributed by atoms with Gasteiger partial charge in [-0.25, -0.2) is 0 Å². The minimum atomic E-state index is -0.228. The van der Waals surface area contributed by atoms with Crippen molar-refractivity contribution in [2.75, 3.05) is 44.5 Å². The van der Waals surface area contributed by atoms with Gasteiger partial charge in [0.15, 0.2) is 11.5 Å². The molecule has 3 rings (SSSR count). The molecule has 0 aromatic heterocycles. The molecule has 0 atom stereocenters. The third-order valence-electron chi connectivity index (χ3n) is 3.81. The lowest BCUT2D eigenvalue weighted by Gasteiger charge is -2.21. The molecule has 0 saturated carbocycles. The van der Waals surface area contributed by atoms with Gasteiger partial charge in [-0.05, 0) is 30.3 Å². The van der Waals surface area contributed by atoms with Gasteiger partial charge in [0.05, 0.1) is 12.2 Å². The van der Waals surface area contributed by atoms with E-state index in [1.54, 1.807) is 38.4 Å². The second kappa shape index (κ2) is 7.77. The number of nitrogens with one attached hydrogen (secondary N) is 2. The van der Waals surface area contributed by atoms with Gasteiger partial charge in [0.1, 0.15) is 13.2 Å². The Hall–Kier alpha value is -3.22. The number of nitrogens with zero attached hydrogens (tertiary/aromatic N) is 1. The van der Waals surface area contributed by atoms with Crippen LogP contribution in [0.15, 0.2) is 42.5 Å². The zero-order valence-corrected chi connectivity index (χ0v) is 14.7. The van der Waals surface area contributed by atoms with Crippen LogP contribution in [0.25, 0.3) is 0 Å². The summed E-state index contributed by atoms with van der Waals surface area (Å²) >= 11 is 0. The van der Waals surface area contributed by atoms with Crippen molar-refractivity contribution in [3.8, 4) is 11.5 Å². The molecule has 2 aromatic carbocycles. The van der Waals surface area contributed by atoms with Crippen LogP contribution in [0.1, 0.15) is 10.4 Å². The molecule has 7 nitrogen and oxygen atoms in total. The molecule has 1 aliphatic rings. The highest BCUT2D eigenvalue weighted by atomic mass is 16.6. The summed E-state index contributed by atoms with van der Waals surface area (Å²) in [7, 11) is 3.37. The van der Waals surface area contributed by atoms with Crippen molar-refractivity contribution in [1.82, 2.24) is 4.90 Å². The number of hydrogen-bond acceptors (Lipinski definition) is 5. The minimum Gasteiger partial charge on any atom is -0.486 e. The molecular formula is C19H21N3O4. The summed E-state index contributed by atoms with van der Waals surface area (Å²) in [5, 5.41) is 5.84. The normalized spacial score (nSPS) is 12.2. The Morgan fingerprint density at radius 3 is 2.65 bits per heavy atom. The Labute approximate surface area is 151 Å². The SMILES string of the molecule is CN(C)C(=O)c1cccc(NC(=O)CNc2cccc3c2OCCO3)c1. The predicted molar refractivity (Wildman–Crippen MR) is 99.0 cm³/mol. The molecule has 2 aromatic rings. The molecule has 2 N–H and O–H groups in total. The van der Waals surface area contributed by atoms with Crippen LogP contribution < -0.4 is 20.1 Å². The highest BCUT2D eigenvalue weighted by Gasteiger charge is 2.16. The first kappa shape index (κ1) is 17.6. The second-order valence-electron chi connectivity index (χ2n) is 6.01. The molecule has 1 heterocycles. The number of benzene rings is 2. The van der Waals surface area contributed by atoms with E-state index >= 15 is 0 Å². The fourth-order valence-corrected chi connectivity index (χ4v) is 2.58. The molecule has 0 radical (unpaired) electrons. The lowest BCUT2D eigenvalue weighted by molar-refractivity contribution is -0.114. The first-order valence-electron chi connectivity index (χ1n) is 8.28. The highest BCUT2D eigenvalue weighted by molar-refractivity contribution is 5.98. The van der Waals surface area contributed by atoms with Crippen molar-refractivity contribution in [2.24, 2.45) is 0 Å². The van der Waals surface area contributed by atoms with Crippen LogP contribution in [-0.4, -0.2) is 50.6 Å². The van der Waals surface area contributed by atoms with E-state index in [1.807, 2.05) is 18.2 Å². The van der Waals surface area contributed by atoms with E-state index in [4.69, 9.17) is 9.47 Å². The van der Waals surface area contributed by atoms with Gasteiger partial charge < -0.3 is 25.0 Å². The summed E-state index contributed by atoms with van der Waals surface area (Å²) in [4.78, 5) is 25.7. The number of amides is 2. The van der Waals surface area contributed by atoms with Gasteiger partial charge in [-0.15, -0.1) is 0 Å². The molecule has 0 saturated heterocycles. The van der Waals surface area contributed by atoms with Crippen LogP contribution in [0.3, 0.4) is 0 Å². The van der Waals surface area contributed by atoms with E-state index < -0.39 is 0 Å². The van der Waals surface area contributed by atoms with Gasteiger partial charge in [-0.1, -0.05) is 12.1 Å². The van der Waals surface area contributed by atoms with Crippen LogP contribution in [0, 0.1) is 0 Å². The van der Waals surface area contributed by atoms with E-state index in [0.717, 1.165) is 0 Å². The number of carbonyl (C=O) groups excluding carboxylic acids is 2. The molecule has 7 heteroatoms. The Morgan fingerprint density at radius 1 is 1.08 bits per heavy atom. The summed E-state index contributed by atoms with van der Waals surface area (Å²) in [5.74, 6) is 0.933. The lowest BCUT2D eigenvalue weighted by Crippen LogP contribution is -2.24. The maximum absolute atomic E-state index is 12.2. The monoisotopic (exact) mass is 355 g/mol. The highest BCUT2D eigenvalue weighted by Crippen LogP contribution is 2.37. The number of ether oxygens (including phenoxy) is 2. The van der Waals surface area contributed by atoms with Gasteiger partial charge in [-0.2, -0.15) is 0 Å². The van der Waals surface area contributed by atoms with Crippen LogP contribution in [0.2, 0.25) is 0 Å². The zero-order valence-electron chi connectivity index (χ0n) is 14.7. The summed E-state index contributed by atoms with van der Waals surface area (Å²) in [6, 6.07) is 12.3. The van der Waals surface area contributed by atoms with Gasteiger partial charge in [0.25, 0.3) is 5.91 Å². The molecule has 2 amide bonds.